The Hall–Kier alpha value is -2.10. The Morgan fingerprint density at radius 2 is 2.00 bits per heavy atom. The number of rotatable bonds is 5. The molecule has 2 N–H and O–H groups in total. The van der Waals surface area contributed by atoms with Gasteiger partial charge < -0.3 is 15.1 Å². The van der Waals surface area contributed by atoms with Gasteiger partial charge in [-0.15, -0.1) is 23.1 Å². The van der Waals surface area contributed by atoms with E-state index in [0.717, 1.165) is 23.7 Å². The van der Waals surface area contributed by atoms with Crippen LogP contribution in [0.1, 0.15) is 5.69 Å². The molecule has 1 fully saturated rings. The van der Waals surface area contributed by atoms with E-state index in [2.05, 4.69) is 20.5 Å². The number of amides is 3. The van der Waals surface area contributed by atoms with Gasteiger partial charge in [0.1, 0.15) is 0 Å². The first kappa shape index (κ1) is 19.7. The Labute approximate surface area is 167 Å². The van der Waals surface area contributed by atoms with E-state index in [1.807, 2.05) is 37.6 Å². The second-order valence-corrected chi connectivity index (χ2v) is 8.06. The number of carbonyl (C=O) groups excluding carboxylic acids is 2. The van der Waals surface area contributed by atoms with Crippen LogP contribution in [0.3, 0.4) is 0 Å². The first-order valence-corrected chi connectivity index (χ1v) is 10.8. The molecular weight excluding hydrogens is 382 g/mol. The third-order valence-electron chi connectivity index (χ3n) is 4.25. The number of carbonyl (C=O) groups is 2. The Morgan fingerprint density at radius 3 is 2.74 bits per heavy atom. The topological polar surface area (TPSA) is 77.6 Å². The van der Waals surface area contributed by atoms with E-state index < -0.39 is 0 Å². The van der Waals surface area contributed by atoms with E-state index in [0.29, 0.717) is 23.9 Å². The van der Waals surface area contributed by atoms with Gasteiger partial charge in [-0.2, -0.15) is 0 Å². The molecule has 1 aromatic carbocycles. The lowest BCUT2D eigenvalue weighted by molar-refractivity contribution is -0.115. The van der Waals surface area contributed by atoms with E-state index >= 15 is 0 Å². The molecule has 144 valence electrons. The van der Waals surface area contributed by atoms with E-state index in [9.17, 15) is 9.59 Å². The SMILES string of the molecule is CSc1cccc(NC(=O)Cc2csc(NC(=O)N3CCN(C)CC3)n2)c1. The summed E-state index contributed by atoms with van der Waals surface area (Å²) in [6, 6.07) is 7.57. The fraction of sp³-hybridized carbons (Fsp3) is 0.389. The predicted molar refractivity (Wildman–Crippen MR) is 111 cm³/mol. The number of thioether (sulfide) groups is 1. The van der Waals surface area contributed by atoms with Crippen molar-refractivity contribution in [3.63, 3.8) is 0 Å². The van der Waals surface area contributed by atoms with Crippen LogP contribution in [0.4, 0.5) is 15.6 Å². The minimum absolute atomic E-state index is 0.129. The summed E-state index contributed by atoms with van der Waals surface area (Å²) in [6.45, 7) is 3.15. The van der Waals surface area contributed by atoms with E-state index in [1.165, 1.54) is 11.3 Å². The molecule has 0 bridgehead atoms. The largest absolute Gasteiger partial charge is 0.326 e. The molecule has 0 unspecified atom stereocenters. The number of urea groups is 1. The molecule has 0 saturated carbocycles. The molecule has 9 heteroatoms. The number of anilines is 2. The van der Waals surface area contributed by atoms with Gasteiger partial charge in [0.15, 0.2) is 5.13 Å². The number of hydrogen-bond donors (Lipinski definition) is 2. The van der Waals surface area contributed by atoms with Crippen molar-refractivity contribution in [2.75, 3.05) is 50.1 Å². The standard InChI is InChI=1S/C18H23N5O2S2/c1-22-6-8-23(9-7-22)18(25)21-17-20-14(12-27-17)11-16(24)19-13-4-3-5-15(10-13)26-2/h3-5,10,12H,6-9,11H2,1-2H3,(H,19,24)(H,20,21,25). The van der Waals surface area contributed by atoms with E-state index in [1.54, 1.807) is 22.0 Å². The molecule has 3 amide bonds. The number of aromatic nitrogens is 1. The highest BCUT2D eigenvalue weighted by Crippen LogP contribution is 2.20. The third-order valence-corrected chi connectivity index (χ3v) is 5.78. The normalized spacial score (nSPS) is 14.8. The molecule has 2 heterocycles. The maximum absolute atomic E-state index is 12.3. The number of nitrogens with one attached hydrogen (secondary N) is 2. The van der Waals surface area contributed by atoms with Gasteiger partial charge in [-0.3, -0.25) is 10.1 Å². The van der Waals surface area contributed by atoms with Gasteiger partial charge in [0.25, 0.3) is 0 Å². The third kappa shape index (κ3) is 5.69. The predicted octanol–water partition coefficient (Wildman–Crippen LogP) is 2.83. The van der Waals surface area contributed by atoms with Gasteiger partial charge in [0.05, 0.1) is 12.1 Å². The zero-order chi connectivity index (χ0) is 19.2. The second kappa shape index (κ2) is 9.20. The molecule has 0 aliphatic carbocycles. The summed E-state index contributed by atoms with van der Waals surface area (Å²) in [5.41, 5.74) is 1.41. The van der Waals surface area contributed by atoms with Crippen LogP contribution in [-0.2, 0) is 11.2 Å². The highest BCUT2D eigenvalue weighted by Gasteiger charge is 2.20. The maximum Gasteiger partial charge on any atom is 0.323 e. The van der Waals surface area contributed by atoms with Crippen molar-refractivity contribution in [3.05, 3.63) is 35.3 Å². The van der Waals surface area contributed by atoms with Crippen LogP contribution in [0.15, 0.2) is 34.5 Å². The summed E-state index contributed by atoms with van der Waals surface area (Å²) in [5.74, 6) is -0.129. The molecule has 0 spiro atoms. The van der Waals surface area contributed by atoms with Crippen molar-refractivity contribution < 1.29 is 9.59 Å². The van der Waals surface area contributed by atoms with Crippen LogP contribution < -0.4 is 10.6 Å². The molecular formula is C18H23N5O2S2. The molecule has 0 atom stereocenters. The fourth-order valence-corrected chi connectivity index (χ4v) is 3.86. The van der Waals surface area contributed by atoms with Crippen LogP contribution >= 0.6 is 23.1 Å². The highest BCUT2D eigenvalue weighted by molar-refractivity contribution is 7.98. The molecule has 1 saturated heterocycles. The van der Waals surface area contributed by atoms with Crippen molar-refractivity contribution in [1.29, 1.82) is 0 Å². The Kier molecular flexibility index (Phi) is 6.70. The number of benzene rings is 1. The number of likely N-dealkylation sites (N-methyl/N-ethyl adjacent to an activating group) is 1. The van der Waals surface area contributed by atoms with Crippen LogP contribution in [0.5, 0.6) is 0 Å². The van der Waals surface area contributed by atoms with Crippen molar-refractivity contribution >= 4 is 45.9 Å². The minimum Gasteiger partial charge on any atom is -0.326 e. The first-order valence-electron chi connectivity index (χ1n) is 8.66. The van der Waals surface area contributed by atoms with E-state index in [4.69, 9.17) is 0 Å². The summed E-state index contributed by atoms with van der Waals surface area (Å²) in [5, 5.41) is 8.03. The average molecular weight is 406 g/mol. The highest BCUT2D eigenvalue weighted by atomic mass is 32.2. The summed E-state index contributed by atoms with van der Waals surface area (Å²) in [4.78, 5) is 34.0. The molecule has 1 aromatic heterocycles. The molecule has 1 aliphatic heterocycles. The molecule has 0 radical (unpaired) electrons. The second-order valence-electron chi connectivity index (χ2n) is 6.32. The molecule has 3 rings (SSSR count). The van der Waals surface area contributed by atoms with Crippen molar-refractivity contribution in [3.8, 4) is 0 Å². The number of hydrogen-bond acceptors (Lipinski definition) is 6. The minimum atomic E-state index is -0.137. The molecule has 7 nitrogen and oxygen atoms in total. The van der Waals surface area contributed by atoms with Gasteiger partial charge in [-0.05, 0) is 31.5 Å². The van der Waals surface area contributed by atoms with Crippen molar-refractivity contribution in [1.82, 2.24) is 14.8 Å². The zero-order valence-corrected chi connectivity index (χ0v) is 17.0. The lowest BCUT2D eigenvalue weighted by Gasteiger charge is -2.32. The summed E-state index contributed by atoms with van der Waals surface area (Å²) < 4.78 is 0. The molecule has 27 heavy (non-hydrogen) atoms. The summed E-state index contributed by atoms with van der Waals surface area (Å²) >= 11 is 2.96. The molecule has 2 aromatic rings. The van der Waals surface area contributed by atoms with Crippen LogP contribution in [0, 0.1) is 0 Å². The molecule has 1 aliphatic rings. The van der Waals surface area contributed by atoms with Gasteiger partial charge >= 0.3 is 6.03 Å². The van der Waals surface area contributed by atoms with Gasteiger partial charge in [-0.1, -0.05) is 6.07 Å². The van der Waals surface area contributed by atoms with E-state index in [-0.39, 0.29) is 18.4 Å². The lowest BCUT2D eigenvalue weighted by atomic mass is 10.3. The van der Waals surface area contributed by atoms with Crippen molar-refractivity contribution in [2.45, 2.75) is 11.3 Å². The van der Waals surface area contributed by atoms with Gasteiger partial charge in [-0.25, -0.2) is 9.78 Å². The van der Waals surface area contributed by atoms with Gasteiger partial charge in [0.2, 0.25) is 5.91 Å². The van der Waals surface area contributed by atoms with Gasteiger partial charge in [0, 0.05) is 42.1 Å². The van der Waals surface area contributed by atoms with Crippen LogP contribution in [-0.4, -0.2) is 66.2 Å². The van der Waals surface area contributed by atoms with Crippen LogP contribution in [0.25, 0.3) is 0 Å². The number of thiazole rings is 1. The Morgan fingerprint density at radius 1 is 1.22 bits per heavy atom. The fourth-order valence-electron chi connectivity index (χ4n) is 2.70. The average Bonchev–Trinajstić information content (AvgIpc) is 3.08. The monoisotopic (exact) mass is 405 g/mol. The zero-order valence-electron chi connectivity index (χ0n) is 15.4. The Bertz CT molecular complexity index is 803. The first-order chi connectivity index (χ1) is 13.0. The quantitative estimate of drug-likeness (QED) is 0.748. The summed E-state index contributed by atoms with van der Waals surface area (Å²) in [7, 11) is 2.05. The maximum atomic E-state index is 12.3. The Balaban J connectivity index is 1.51. The lowest BCUT2D eigenvalue weighted by Crippen LogP contribution is -2.48. The number of piperazine rings is 1. The number of nitrogens with zero attached hydrogens (tertiary/aromatic N) is 3. The van der Waals surface area contributed by atoms with Crippen molar-refractivity contribution in [2.24, 2.45) is 0 Å². The summed E-state index contributed by atoms with van der Waals surface area (Å²) in [6.07, 6.45) is 2.17. The smallest absolute Gasteiger partial charge is 0.323 e. The van der Waals surface area contributed by atoms with Crippen LogP contribution in [0.2, 0.25) is 0 Å².